The van der Waals surface area contributed by atoms with E-state index < -0.39 is 5.97 Å². The number of aliphatic hydroxyl groups excluding tert-OH is 1. The molecule has 2 N–H and O–H groups in total. The zero-order chi connectivity index (χ0) is 10.1. The van der Waals surface area contributed by atoms with Gasteiger partial charge in [-0.15, -0.1) is 0 Å². The molecule has 0 aliphatic carbocycles. The molecule has 2 rings (SSSR count). The van der Waals surface area contributed by atoms with Crippen LogP contribution in [0.5, 0.6) is 0 Å². The van der Waals surface area contributed by atoms with Crippen molar-refractivity contribution in [3.63, 3.8) is 0 Å². The SMILES string of the molecule is O=C(O)c1ccc2c(CO)coc2c1. The van der Waals surface area contributed by atoms with Crippen molar-refractivity contribution in [2.24, 2.45) is 0 Å². The molecule has 2 aromatic rings. The molecular weight excluding hydrogens is 184 g/mol. The number of furan rings is 1. The Labute approximate surface area is 79.4 Å². The van der Waals surface area contributed by atoms with Crippen LogP contribution in [0.3, 0.4) is 0 Å². The maximum atomic E-state index is 10.6. The molecule has 0 unspecified atom stereocenters. The molecule has 1 aromatic carbocycles. The van der Waals surface area contributed by atoms with Crippen LogP contribution in [0.15, 0.2) is 28.9 Å². The topological polar surface area (TPSA) is 70.7 Å². The monoisotopic (exact) mass is 192 g/mol. The molecule has 0 amide bonds. The molecular formula is C10H8O4. The first-order valence-corrected chi connectivity index (χ1v) is 4.06. The number of carboxylic acid groups (broad SMARTS) is 1. The van der Waals surface area contributed by atoms with E-state index in [4.69, 9.17) is 14.6 Å². The molecule has 0 radical (unpaired) electrons. The minimum Gasteiger partial charge on any atom is -0.478 e. The molecule has 0 spiro atoms. The third-order valence-corrected chi connectivity index (χ3v) is 2.07. The van der Waals surface area contributed by atoms with Crippen LogP contribution in [-0.4, -0.2) is 16.2 Å². The Bertz CT molecular complexity index is 484. The maximum Gasteiger partial charge on any atom is 0.335 e. The van der Waals surface area contributed by atoms with Crippen molar-refractivity contribution in [2.45, 2.75) is 6.61 Å². The summed E-state index contributed by atoms with van der Waals surface area (Å²) in [5.74, 6) is -0.992. The van der Waals surface area contributed by atoms with Crippen molar-refractivity contribution < 1.29 is 19.4 Å². The number of rotatable bonds is 2. The summed E-state index contributed by atoms with van der Waals surface area (Å²) in [5.41, 5.74) is 1.32. The van der Waals surface area contributed by atoms with Crippen LogP contribution in [0, 0.1) is 0 Å². The second-order valence-electron chi connectivity index (χ2n) is 2.94. The van der Waals surface area contributed by atoms with Crippen molar-refractivity contribution in [3.8, 4) is 0 Å². The van der Waals surface area contributed by atoms with E-state index in [0.717, 1.165) is 5.39 Å². The Kier molecular flexibility index (Phi) is 1.98. The normalized spacial score (nSPS) is 10.6. The molecule has 0 fully saturated rings. The van der Waals surface area contributed by atoms with Crippen molar-refractivity contribution >= 4 is 16.9 Å². The molecule has 0 aliphatic heterocycles. The molecule has 72 valence electrons. The molecule has 1 heterocycles. The Morgan fingerprint density at radius 1 is 1.43 bits per heavy atom. The first kappa shape index (κ1) is 8.77. The Hall–Kier alpha value is -1.81. The standard InChI is InChI=1S/C10H8O4/c11-4-7-5-14-9-3-6(10(12)13)1-2-8(7)9/h1-3,5,11H,4H2,(H,12,13). The summed E-state index contributed by atoms with van der Waals surface area (Å²) in [5, 5.41) is 18.4. The van der Waals surface area contributed by atoms with Gasteiger partial charge in [0.25, 0.3) is 0 Å². The third kappa shape index (κ3) is 1.25. The fraction of sp³-hybridized carbons (Fsp3) is 0.100. The van der Waals surface area contributed by atoms with E-state index in [0.29, 0.717) is 11.1 Å². The third-order valence-electron chi connectivity index (χ3n) is 2.07. The van der Waals surface area contributed by atoms with Gasteiger partial charge in [-0.1, -0.05) is 0 Å². The van der Waals surface area contributed by atoms with Crippen molar-refractivity contribution in [3.05, 3.63) is 35.6 Å². The van der Waals surface area contributed by atoms with Gasteiger partial charge in [-0.25, -0.2) is 4.79 Å². The zero-order valence-corrected chi connectivity index (χ0v) is 7.23. The molecule has 1 aromatic heterocycles. The average molecular weight is 192 g/mol. The lowest BCUT2D eigenvalue weighted by Gasteiger charge is -1.94. The van der Waals surface area contributed by atoms with Gasteiger partial charge in [0.05, 0.1) is 18.4 Å². The van der Waals surface area contributed by atoms with Crippen molar-refractivity contribution in [2.75, 3.05) is 0 Å². The van der Waals surface area contributed by atoms with Crippen molar-refractivity contribution in [1.82, 2.24) is 0 Å². The van der Waals surface area contributed by atoms with Gasteiger partial charge in [-0.3, -0.25) is 0 Å². The van der Waals surface area contributed by atoms with Gasteiger partial charge >= 0.3 is 5.97 Å². The molecule has 14 heavy (non-hydrogen) atoms. The minimum atomic E-state index is -0.992. The highest BCUT2D eigenvalue weighted by Crippen LogP contribution is 2.22. The van der Waals surface area contributed by atoms with Gasteiger partial charge < -0.3 is 14.6 Å². The molecule has 0 aliphatic rings. The number of carboxylic acids is 1. The number of hydrogen-bond acceptors (Lipinski definition) is 3. The minimum absolute atomic E-state index is 0.112. The highest BCUT2D eigenvalue weighted by molar-refractivity contribution is 5.93. The van der Waals surface area contributed by atoms with Gasteiger partial charge in [0.2, 0.25) is 0 Å². The summed E-state index contributed by atoms with van der Waals surface area (Å²) in [4.78, 5) is 10.6. The van der Waals surface area contributed by atoms with Crippen LogP contribution in [0.25, 0.3) is 11.0 Å². The maximum absolute atomic E-state index is 10.6. The summed E-state index contributed by atoms with van der Waals surface area (Å²) in [6, 6.07) is 4.56. The van der Waals surface area contributed by atoms with Crippen LogP contribution in [-0.2, 0) is 6.61 Å². The largest absolute Gasteiger partial charge is 0.478 e. The predicted octanol–water partition coefficient (Wildman–Crippen LogP) is 1.62. The fourth-order valence-corrected chi connectivity index (χ4v) is 1.34. The summed E-state index contributed by atoms with van der Waals surface area (Å²) in [7, 11) is 0. The number of carbonyl (C=O) groups is 1. The van der Waals surface area contributed by atoms with Crippen LogP contribution < -0.4 is 0 Å². The van der Waals surface area contributed by atoms with E-state index in [1.807, 2.05) is 0 Å². The highest BCUT2D eigenvalue weighted by atomic mass is 16.4. The second-order valence-corrected chi connectivity index (χ2v) is 2.94. The highest BCUT2D eigenvalue weighted by Gasteiger charge is 2.08. The first-order valence-electron chi connectivity index (χ1n) is 4.06. The lowest BCUT2D eigenvalue weighted by molar-refractivity contribution is 0.0697. The second kappa shape index (κ2) is 3.16. The lowest BCUT2D eigenvalue weighted by Crippen LogP contribution is -1.94. The van der Waals surface area contributed by atoms with Gasteiger partial charge in [0.15, 0.2) is 0 Å². The van der Waals surface area contributed by atoms with Crippen LogP contribution in [0.4, 0.5) is 0 Å². The van der Waals surface area contributed by atoms with Gasteiger partial charge in [0, 0.05) is 10.9 Å². The number of aliphatic hydroxyl groups is 1. The van der Waals surface area contributed by atoms with Crippen LogP contribution >= 0.6 is 0 Å². The smallest absolute Gasteiger partial charge is 0.335 e. The van der Waals surface area contributed by atoms with E-state index in [9.17, 15) is 4.79 Å². The molecule has 4 heteroatoms. The predicted molar refractivity (Wildman–Crippen MR) is 49.1 cm³/mol. The van der Waals surface area contributed by atoms with Crippen LogP contribution in [0.2, 0.25) is 0 Å². The quantitative estimate of drug-likeness (QED) is 0.758. The molecule has 0 saturated heterocycles. The summed E-state index contributed by atoms with van der Waals surface area (Å²) in [6.45, 7) is -0.112. The summed E-state index contributed by atoms with van der Waals surface area (Å²) in [6.07, 6.45) is 1.43. The Morgan fingerprint density at radius 3 is 2.86 bits per heavy atom. The number of fused-ring (bicyclic) bond motifs is 1. The lowest BCUT2D eigenvalue weighted by atomic mass is 10.1. The fourth-order valence-electron chi connectivity index (χ4n) is 1.34. The van der Waals surface area contributed by atoms with E-state index in [1.54, 1.807) is 6.07 Å². The van der Waals surface area contributed by atoms with Gasteiger partial charge in [-0.2, -0.15) is 0 Å². The molecule has 0 saturated carbocycles. The molecule has 0 atom stereocenters. The Morgan fingerprint density at radius 2 is 2.21 bits per heavy atom. The van der Waals surface area contributed by atoms with E-state index >= 15 is 0 Å². The van der Waals surface area contributed by atoms with E-state index in [1.165, 1.54) is 18.4 Å². The number of benzene rings is 1. The zero-order valence-electron chi connectivity index (χ0n) is 7.23. The Balaban J connectivity index is 2.63. The van der Waals surface area contributed by atoms with Crippen molar-refractivity contribution in [1.29, 1.82) is 0 Å². The molecule has 0 bridgehead atoms. The van der Waals surface area contributed by atoms with Crippen LogP contribution in [0.1, 0.15) is 15.9 Å². The summed E-state index contributed by atoms with van der Waals surface area (Å²) < 4.78 is 5.11. The molecule has 4 nitrogen and oxygen atoms in total. The van der Waals surface area contributed by atoms with Gasteiger partial charge in [-0.05, 0) is 18.2 Å². The summed E-state index contributed by atoms with van der Waals surface area (Å²) >= 11 is 0. The van der Waals surface area contributed by atoms with Gasteiger partial charge in [0.1, 0.15) is 5.58 Å². The van der Waals surface area contributed by atoms with E-state index in [2.05, 4.69) is 0 Å². The number of hydrogen-bond donors (Lipinski definition) is 2. The van der Waals surface area contributed by atoms with E-state index in [-0.39, 0.29) is 12.2 Å². The average Bonchev–Trinajstić information content (AvgIpc) is 2.59. The number of aromatic carboxylic acids is 1. The first-order chi connectivity index (χ1) is 6.72.